The summed E-state index contributed by atoms with van der Waals surface area (Å²) in [5, 5.41) is 3.36. The zero-order valence-corrected chi connectivity index (χ0v) is 12.1. The Kier molecular flexibility index (Phi) is 3.76. The van der Waals surface area contributed by atoms with E-state index >= 15 is 0 Å². The predicted octanol–water partition coefficient (Wildman–Crippen LogP) is 3.44. The second kappa shape index (κ2) is 5.54. The largest absolute Gasteiger partial charge is 0.310 e. The van der Waals surface area contributed by atoms with Gasteiger partial charge in [0.15, 0.2) is 17.5 Å². The lowest BCUT2D eigenvalue weighted by Crippen LogP contribution is -2.15. The Bertz CT molecular complexity index is 627. The van der Waals surface area contributed by atoms with E-state index in [1.54, 1.807) is 12.4 Å². The van der Waals surface area contributed by atoms with Crippen molar-refractivity contribution in [2.75, 3.05) is 0 Å². The first-order chi connectivity index (χ1) is 9.65. The lowest BCUT2D eigenvalue weighted by atomic mass is 10.2. The second-order valence-corrected chi connectivity index (χ2v) is 5.59. The Hall–Kier alpha value is -1.40. The van der Waals surface area contributed by atoms with Gasteiger partial charge in [0.05, 0.1) is 4.47 Å². The molecule has 1 heterocycles. The average Bonchev–Trinajstić information content (AvgIpc) is 3.28. The summed E-state index contributed by atoms with van der Waals surface area (Å²) < 4.78 is 26.6. The third kappa shape index (κ3) is 2.86. The van der Waals surface area contributed by atoms with E-state index < -0.39 is 11.6 Å². The minimum atomic E-state index is -0.925. The molecule has 0 saturated heterocycles. The molecule has 1 aliphatic rings. The van der Waals surface area contributed by atoms with Gasteiger partial charge in [-0.1, -0.05) is 0 Å². The van der Waals surface area contributed by atoms with Gasteiger partial charge >= 0.3 is 0 Å². The van der Waals surface area contributed by atoms with Gasteiger partial charge in [0, 0.05) is 36.1 Å². The van der Waals surface area contributed by atoms with Gasteiger partial charge in [-0.2, -0.15) is 0 Å². The third-order valence-electron chi connectivity index (χ3n) is 3.15. The minimum Gasteiger partial charge on any atom is -0.310 e. The van der Waals surface area contributed by atoms with Crippen LogP contribution in [0.1, 0.15) is 18.4 Å². The number of hydrogen-bond donors (Lipinski definition) is 1. The van der Waals surface area contributed by atoms with Crippen LogP contribution < -0.4 is 5.32 Å². The first kappa shape index (κ1) is 13.6. The molecule has 1 aromatic carbocycles. The first-order valence-corrected chi connectivity index (χ1v) is 7.12. The highest BCUT2D eigenvalue weighted by molar-refractivity contribution is 9.10. The number of nitrogens with zero attached hydrogens (tertiary/aromatic N) is 2. The van der Waals surface area contributed by atoms with Crippen LogP contribution in [0.5, 0.6) is 0 Å². The van der Waals surface area contributed by atoms with Gasteiger partial charge in [-0.15, -0.1) is 0 Å². The molecule has 0 aliphatic heterocycles. The van der Waals surface area contributed by atoms with Gasteiger partial charge in [-0.05, 0) is 40.9 Å². The Morgan fingerprint density at radius 2 is 1.90 bits per heavy atom. The molecule has 1 aromatic heterocycles. The molecular formula is C14H12BrF2N3. The Morgan fingerprint density at radius 1 is 1.20 bits per heavy atom. The molecule has 0 amide bonds. The topological polar surface area (TPSA) is 37.8 Å². The fraction of sp³-hybridized carbons (Fsp3) is 0.286. The molecule has 0 unspecified atom stereocenters. The Labute approximate surface area is 123 Å². The SMILES string of the molecule is Fc1ccc(-c2ncc(CNC3CC3)cn2)c(Br)c1F. The molecule has 0 atom stereocenters. The summed E-state index contributed by atoms with van der Waals surface area (Å²) in [6.45, 7) is 0.726. The van der Waals surface area contributed by atoms with Crippen LogP contribution in [0.3, 0.4) is 0 Å². The fourth-order valence-electron chi connectivity index (χ4n) is 1.83. The highest BCUT2D eigenvalue weighted by Gasteiger charge is 2.20. The van der Waals surface area contributed by atoms with Crippen LogP contribution in [0, 0.1) is 11.6 Å². The molecule has 1 aliphatic carbocycles. The molecule has 0 bridgehead atoms. The van der Waals surface area contributed by atoms with E-state index in [4.69, 9.17) is 0 Å². The van der Waals surface area contributed by atoms with Crippen molar-refractivity contribution >= 4 is 15.9 Å². The van der Waals surface area contributed by atoms with Crippen molar-refractivity contribution < 1.29 is 8.78 Å². The van der Waals surface area contributed by atoms with Crippen molar-refractivity contribution in [2.45, 2.75) is 25.4 Å². The van der Waals surface area contributed by atoms with E-state index in [0.717, 1.165) is 18.2 Å². The number of rotatable bonds is 4. The van der Waals surface area contributed by atoms with Crippen molar-refractivity contribution in [1.82, 2.24) is 15.3 Å². The molecule has 0 radical (unpaired) electrons. The molecule has 1 N–H and O–H groups in total. The van der Waals surface area contributed by atoms with Crippen molar-refractivity contribution in [3.63, 3.8) is 0 Å². The lowest BCUT2D eigenvalue weighted by molar-refractivity contribution is 0.504. The van der Waals surface area contributed by atoms with Crippen molar-refractivity contribution in [1.29, 1.82) is 0 Å². The molecule has 20 heavy (non-hydrogen) atoms. The monoisotopic (exact) mass is 339 g/mol. The van der Waals surface area contributed by atoms with E-state index in [-0.39, 0.29) is 4.47 Å². The molecule has 1 fully saturated rings. The summed E-state index contributed by atoms with van der Waals surface area (Å²) in [7, 11) is 0. The van der Waals surface area contributed by atoms with Crippen molar-refractivity contribution in [3.8, 4) is 11.4 Å². The summed E-state index contributed by atoms with van der Waals surface area (Å²) >= 11 is 3.04. The molecule has 3 rings (SSSR count). The highest BCUT2D eigenvalue weighted by Crippen LogP contribution is 2.29. The third-order valence-corrected chi connectivity index (χ3v) is 3.93. The van der Waals surface area contributed by atoms with Crippen LogP contribution in [0.15, 0.2) is 29.0 Å². The van der Waals surface area contributed by atoms with E-state index in [0.29, 0.717) is 17.4 Å². The predicted molar refractivity (Wildman–Crippen MR) is 74.9 cm³/mol. The quantitative estimate of drug-likeness (QED) is 0.867. The lowest BCUT2D eigenvalue weighted by Gasteiger charge is -2.06. The van der Waals surface area contributed by atoms with E-state index in [2.05, 4.69) is 31.2 Å². The summed E-state index contributed by atoms with van der Waals surface area (Å²) in [5.74, 6) is -1.46. The Morgan fingerprint density at radius 3 is 2.55 bits per heavy atom. The number of hydrogen-bond acceptors (Lipinski definition) is 3. The van der Waals surface area contributed by atoms with E-state index in [1.807, 2.05) is 0 Å². The van der Waals surface area contributed by atoms with Gasteiger partial charge in [0.25, 0.3) is 0 Å². The maximum atomic E-state index is 13.5. The van der Waals surface area contributed by atoms with Gasteiger partial charge in [-0.3, -0.25) is 0 Å². The maximum absolute atomic E-state index is 13.5. The van der Waals surface area contributed by atoms with Crippen molar-refractivity contribution in [3.05, 3.63) is 46.2 Å². The van der Waals surface area contributed by atoms with Crippen LogP contribution in [-0.2, 0) is 6.54 Å². The van der Waals surface area contributed by atoms with Crippen LogP contribution in [-0.4, -0.2) is 16.0 Å². The number of aromatic nitrogens is 2. The highest BCUT2D eigenvalue weighted by atomic mass is 79.9. The number of halogens is 3. The maximum Gasteiger partial charge on any atom is 0.173 e. The minimum absolute atomic E-state index is 0.0429. The molecule has 6 heteroatoms. The van der Waals surface area contributed by atoms with E-state index in [9.17, 15) is 8.78 Å². The molecule has 3 nitrogen and oxygen atoms in total. The number of benzene rings is 1. The van der Waals surface area contributed by atoms with Gasteiger partial charge < -0.3 is 5.32 Å². The average molecular weight is 340 g/mol. The first-order valence-electron chi connectivity index (χ1n) is 6.33. The Balaban J connectivity index is 1.81. The van der Waals surface area contributed by atoms with Crippen LogP contribution in [0.25, 0.3) is 11.4 Å². The molecule has 2 aromatic rings. The molecule has 104 valence electrons. The molecule has 1 saturated carbocycles. The smallest absolute Gasteiger partial charge is 0.173 e. The zero-order valence-electron chi connectivity index (χ0n) is 10.5. The van der Waals surface area contributed by atoms with E-state index in [1.165, 1.54) is 18.9 Å². The van der Waals surface area contributed by atoms with Crippen LogP contribution in [0.4, 0.5) is 8.78 Å². The summed E-state index contributed by atoms with van der Waals surface area (Å²) in [5.41, 5.74) is 1.41. The standard InChI is InChI=1S/C14H12BrF2N3/c15-12-10(3-4-11(16)13(12)17)14-19-6-8(7-20-14)5-18-9-1-2-9/h3-4,6-7,9,18H,1-2,5H2. The molecular weight excluding hydrogens is 328 g/mol. The van der Waals surface area contributed by atoms with Crippen LogP contribution in [0.2, 0.25) is 0 Å². The summed E-state index contributed by atoms with van der Waals surface area (Å²) in [4.78, 5) is 8.42. The van der Waals surface area contributed by atoms with Gasteiger partial charge in [0.2, 0.25) is 0 Å². The molecule has 0 spiro atoms. The van der Waals surface area contributed by atoms with Gasteiger partial charge in [-0.25, -0.2) is 18.7 Å². The van der Waals surface area contributed by atoms with Crippen molar-refractivity contribution in [2.24, 2.45) is 0 Å². The summed E-state index contributed by atoms with van der Waals surface area (Å²) in [6, 6.07) is 3.15. The van der Waals surface area contributed by atoms with Gasteiger partial charge in [0.1, 0.15) is 0 Å². The summed E-state index contributed by atoms with van der Waals surface area (Å²) in [6.07, 6.45) is 5.85. The zero-order chi connectivity index (χ0) is 14.1. The fourth-order valence-corrected chi connectivity index (χ4v) is 2.33. The number of nitrogens with one attached hydrogen (secondary N) is 1. The van der Waals surface area contributed by atoms with Crippen LogP contribution >= 0.6 is 15.9 Å². The second-order valence-electron chi connectivity index (χ2n) is 4.79. The normalized spacial score (nSPS) is 14.6.